The van der Waals surface area contributed by atoms with Gasteiger partial charge in [-0.15, -0.1) is 11.8 Å². The Balaban J connectivity index is 1.47. The fourth-order valence-electron chi connectivity index (χ4n) is 3.58. The minimum absolute atomic E-state index is 0.121. The molecule has 0 bridgehead atoms. The first-order valence-corrected chi connectivity index (χ1v) is 13.1. The molecule has 0 heterocycles. The third kappa shape index (κ3) is 6.93. The van der Waals surface area contributed by atoms with Gasteiger partial charge in [0, 0.05) is 26.3 Å². The highest BCUT2D eigenvalue weighted by atomic mass is 79.9. The van der Waals surface area contributed by atoms with E-state index in [1.807, 2.05) is 78.9 Å². The molecule has 0 aromatic heterocycles. The molecule has 0 saturated carbocycles. The molecule has 2 N–H and O–H groups in total. The lowest BCUT2D eigenvalue weighted by atomic mass is 10.1. The fourth-order valence-corrected chi connectivity index (χ4v) is 4.86. The summed E-state index contributed by atoms with van der Waals surface area (Å²) < 4.78 is 11.5. The molecule has 0 aliphatic heterocycles. The van der Waals surface area contributed by atoms with Gasteiger partial charge < -0.3 is 20.1 Å². The van der Waals surface area contributed by atoms with Crippen molar-refractivity contribution in [1.29, 1.82) is 0 Å². The molecule has 1 unspecified atom stereocenters. The molecule has 8 heteroatoms. The molecule has 0 radical (unpaired) electrons. The van der Waals surface area contributed by atoms with Crippen LogP contribution < -0.4 is 20.1 Å². The van der Waals surface area contributed by atoms with Crippen LogP contribution in [0.15, 0.2) is 106 Å². The normalized spacial score (nSPS) is 11.3. The average molecular weight is 578 g/mol. The van der Waals surface area contributed by atoms with Crippen LogP contribution >= 0.6 is 27.7 Å². The van der Waals surface area contributed by atoms with Crippen LogP contribution in [0.5, 0.6) is 11.5 Å². The Morgan fingerprint density at radius 1 is 0.757 bits per heavy atom. The largest absolute Gasteiger partial charge is 0.493 e. The van der Waals surface area contributed by atoms with Crippen LogP contribution in [0.2, 0.25) is 0 Å². The Hall–Kier alpha value is -3.75. The van der Waals surface area contributed by atoms with Gasteiger partial charge in [-0.2, -0.15) is 0 Å². The third-order valence-corrected chi connectivity index (χ3v) is 7.26. The number of hydrogen-bond donors (Lipinski definition) is 2. The van der Waals surface area contributed by atoms with Crippen molar-refractivity contribution in [2.24, 2.45) is 0 Å². The molecule has 6 nitrogen and oxygen atoms in total. The van der Waals surface area contributed by atoms with Gasteiger partial charge in [0.1, 0.15) is 5.25 Å². The second kappa shape index (κ2) is 12.5. The lowest BCUT2D eigenvalue weighted by molar-refractivity contribution is -0.115. The molecule has 188 valence electrons. The van der Waals surface area contributed by atoms with Crippen molar-refractivity contribution in [2.45, 2.75) is 10.1 Å². The van der Waals surface area contributed by atoms with E-state index in [0.29, 0.717) is 22.7 Å². The summed E-state index contributed by atoms with van der Waals surface area (Å²) in [6.45, 7) is 0. The Bertz CT molecular complexity index is 1360. The Morgan fingerprint density at radius 2 is 1.38 bits per heavy atom. The van der Waals surface area contributed by atoms with Crippen molar-refractivity contribution in [2.75, 3.05) is 24.9 Å². The number of carbonyl (C=O) groups is 2. The first-order valence-electron chi connectivity index (χ1n) is 11.4. The van der Waals surface area contributed by atoms with E-state index in [1.54, 1.807) is 25.3 Å². The fraction of sp³-hybridized carbons (Fsp3) is 0.103. The molecule has 0 saturated heterocycles. The molecular formula is C29H25BrN2O4S. The van der Waals surface area contributed by atoms with Gasteiger partial charge in [-0.3, -0.25) is 9.59 Å². The van der Waals surface area contributed by atoms with Gasteiger partial charge >= 0.3 is 0 Å². The lowest BCUT2D eigenvalue weighted by Gasteiger charge is -2.17. The van der Waals surface area contributed by atoms with E-state index in [2.05, 4.69) is 26.6 Å². The standard InChI is InChI=1S/C29H25BrN2O4S/c1-35-25-17-8-20(18-26(25)36-2)28(33)31-23-13-15-24(16-14-23)37-27(19-6-4-3-5-7-19)29(34)32-22-11-9-21(30)10-12-22/h3-18,27H,1-2H3,(H,31,33)(H,32,34). The molecule has 4 aromatic rings. The summed E-state index contributed by atoms with van der Waals surface area (Å²) in [6, 6.07) is 29.5. The molecule has 4 aromatic carbocycles. The van der Waals surface area contributed by atoms with Crippen LogP contribution in [0.25, 0.3) is 0 Å². The number of halogens is 1. The number of anilines is 2. The minimum atomic E-state index is -0.461. The predicted molar refractivity (Wildman–Crippen MR) is 152 cm³/mol. The third-order valence-electron chi connectivity index (χ3n) is 5.46. The van der Waals surface area contributed by atoms with Crippen molar-refractivity contribution in [3.05, 3.63) is 113 Å². The highest BCUT2D eigenvalue weighted by Crippen LogP contribution is 2.37. The molecular weight excluding hydrogens is 552 g/mol. The molecule has 0 fully saturated rings. The maximum absolute atomic E-state index is 13.2. The molecule has 0 aliphatic carbocycles. The van der Waals surface area contributed by atoms with Gasteiger partial charge in [-0.25, -0.2) is 0 Å². The molecule has 0 spiro atoms. The van der Waals surface area contributed by atoms with Gasteiger partial charge in [0.05, 0.1) is 14.2 Å². The zero-order chi connectivity index (χ0) is 26.2. The van der Waals surface area contributed by atoms with E-state index < -0.39 is 5.25 Å². The number of methoxy groups -OCH3 is 2. The van der Waals surface area contributed by atoms with E-state index in [-0.39, 0.29) is 11.8 Å². The molecule has 0 aliphatic rings. The van der Waals surface area contributed by atoms with Crippen molar-refractivity contribution in [3.8, 4) is 11.5 Å². The summed E-state index contributed by atoms with van der Waals surface area (Å²) in [5.41, 5.74) is 2.71. The maximum Gasteiger partial charge on any atom is 0.255 e. The first-order chi connectivity index (χ1) is 18.0. The van der Waals surface area contributed by atoms with Gasteiger partial charge in [-0.1, -0.05) is 46.3 Å². The van der Waals surface area contributed by atoms with Crippen molar-refractivity contribution in [3.63, 3.8) is 0 Å². The summed E-state index contributed by atoms with van der Waals surface area (Å²) in [7, 11) is 3.07. The lowest BCUT2D eigenvalue weighted by Crippen LogP contribution is -2.19. The summed E-state index contributed by atoms with van der Waals surface area (Å²) in [4.78, 5) is 26.9. The first kappa shape index (κ1) is 26.3. The van der Waals surface area contributed by atoms with Crippen molar-refractivity contribution >= 4 is 50.9 Å². The predicted octanol–water partition coefficient (Wildman–Crippen LogP) is 7.19. The molecule has 1 atom stereocenters. The summed E-state index contributed by atoms with van der Waals surface area (Å²) in [5, 5.41) is 5.43. The van der Waals surface area contributed by atoms with Crippen molar-refractivity contribution < 1.29 is 19.1 Å². The number of amides is 2. The zero-order valence-electron chi connectivity index (χ0n) is 20.2. The molecule has 4 rings (SSSR count). The SMILES string of the molecule is COc1ccc(C(=O)Nc2ccc(SC(C(=O)Nc3ccc(Br)cc3)c3ccccc3)cc2)cc1OC. The van der Waals surface area contributed by atoms with Gasteiger partial charge in [0.15, 0.2) is 11.5 Å². The summed E-state index contributed by atoms with van der Waals surface area (Å²) in [6.07, 6.45) is 0. The van der Waals surface area contributed by atoms with Gasteiger partial charge in [0.25, 0.3) is 5.91 Å². The second-order valence-electron chi connectivity index (χ2n) is 7.95. The van der Waals surface area contributed by atoms with Crippen LogP contribution in [0, 0.1) is 0 Å². The smallest absolute Gasteiger partial charge is 0.255 e. The van der Waals surface area contributed by atoms with E-state index in [1.165, 1.54) is 18.9 Å². The van der Waals surface area contributed by atoms with Crippen LogP contribution in [0.3, 0.4) is 0 Å². The highest BCUT2D eigenvalue weighted by Gasteiger charge is 2.22. The number of thioether (sulfide) groups is 1. The summed E-state index contributed by atoms with van der Waals surface area (Å²) >= 11 is 4.85. The van der Waals surface area contributed by atoms with Crippen molar-refractivity contribution in [1.82, 2.24) is 0 Å². The van der Waals surface area contributed by atoms with E-state index in [9.17, 15) is 9.59 Å². The number of nitrogens with one attached hydrogen (secondary N) is 2. The summed E-state index contributed by atoms with van der Waals surface area (Å²) in [5.74, 6) is 0.648. The second-order valence-corrected chi connectivity index (χ2v) is 10.0. The van der Waals surface area contributed by atoms with Gasteiger partial charge in [-0.05, 0) is 72.3 Å². The number of benzene rings is 4. The van der Waals surface area contributed by atoms with Gasteiger partial charge in [0.2, 0.25) is 5.91 Å². The molecule has 37 heavy (non-hydrogen) atoms. The number of rotatable bonds is 9. The maximum atomic E-state index is 13.2. The Morgan fingerprint density at radius 3 is 2.03 bits per heavy atom. The van der Waals surface area contributed by atoms with Crippen LogP contribution in [0.4, 0.5) is 11.4 Å². The molecule has 2 amide bonds. The quantitative estimate of drug-likeness (QED) is 0.206. The topological polar surface area (TPSA) is 76.7 Å². The number of carbonyl (C=O) groups excluding carboxylic acids is 2. The highest BCUT2D eigenvalue weighted by molar-refractivity contribution is 9.10. The van der Waals surface area contributed by atoms with E-state index >= 15 is 0 Å². The number of ether oxygens (including phenoxy) is 2. The average Bonchev–Trinajstić information content (AvgIpc) is 2.93. The zero-order valence-corrected chi connectivity index (χ0v) is 22.6. The monoisotopic (exact) mass is 576 g/mol. The van der Waals surface area contributed by atoms with Crippen LogP contribution in [-0.4, -0.2) is 26.0 Å². The Kier molecular flexibility index (Phi) is 8.87. The Labute approximate surface area is 228 Å². The number of hydrogen-bond acceptors (Lipinski definition) is 5. The van der Waals surface area contributed by atoms with Crippen LogP contribution in [-0.2, 0) is 4.79 Å². The van der Waals surface area contributed by atoms with Crippen LogP contribution in [0.1, 0.15) is 21.2 Å². The van der Waals surface area contributed by atoms with E-state index in [4.69, 9.17) is 9.47 Å². The van der Waals surface area contributed by atoms with E-state index in [0.717, 1.165) is 20.6 Å². The minimum Gasteiger partial charge on any atom is -0.493 e.